The minimum atomic E-state index is -0.586. The summed E-state index contributed by atoms with van der Waals surface area (Å²) in [5, 5.41) is 5.11. The second kappa shape index (κ2) is 8.37. The fraction of sp³-hybridized carbons (Fsp3) is 0.0357. The first kappa shape index (κ1) is 19.5. The van der Waals surface area contributed by atoms with Crippen molar-refractivity contribution in [2.45, 2.75) is 5.54 Å². The fourth-order valence-corrected chi connectivity index (χ4v) is 4.48. The molecule has 0 aliphatic rings. The molecular formula is C28H21BrN2. The summed E-state index contributed by atoms with van der Waals surface area (Å²) < 4.78 is 3.16. The first-order valence-electron chi connectivity index (χ1n) is 10.3. The summed E-state index contributed by atoms with van der Waals surface area (Å²) in [4.78, 5) is 0. The lowest BCUT2D eigenvalue weighted by Gasteiger charge is -2.36. The van der Waals surface area contributed by atoms with E-state index in [0.717, 1.165) is 32.4 Å². The maximum Gasteiger partial charge on any atom is 0.138 e. The van der Waals surface area contributed by atoms with Crippen LogP contribution in [0.5, 0.6) is 0 Å². The Morgan fingerprint density at radius 3 is 1.45 bits per heavy atom. The predicted molar refractivity (Wildman–Crippen MR) is 130 cm³/mol. The molecule has 3 heteroatoms. The minimum Gasteiger partial charge on any atom is -0.253 e. The van der Waals surface area contributed by atoms with Gasteiger partial charge in [0.25, 0.3) is 0 Å². The summed E-state index contributed by atoms with van der Waals surface area (Å²) >= 11 is 3.52. The zero-order valence-corrected chi connectivity index (χ0v) is 18.5. The zero-order valence-electron chi connectivity index (χ0n) is 16.9. The van der Waals surface area contributed by atoms with E-state index >= 15 is 0 Å². The molecule has 0 amide bonds. The summed E-state index contributed by atoms with van der Waals surface area (Å²) in [5.74, 6) is 0. The molecule has 150 valence electrons. The average molecular weight is 465 g/mol. The van der Waals surface area contributed by atoms with E-state index in [0.29, 0.717) is 0 Å². The molecule has 0 N–H and O–H groups in total. The number of benzene rings is 4. The number of aromatic nitrogens is 2. The number of halogens is 1. The molecule has 0 unspecified atom stereocenters. The van der Waals surface area contributed by atoms with Gasteiger partial charge in [-0.15, -0.1) is 0 Å². The van der Waals surface area contributed by atoms with Crippen molar-refractivity contribution in [3.05, 3.63) is 149 Å². The molecule has 4 aromatic carbocycles. The Balaban J connectivity index is 1.80. The highest BCUT2D eigenvalue weighted by Gasteiger charge is 2.39. The lowest BCUT2D eigenvalue weighted by Crippen LogP contribution is -2.38. The Kier molecular flexibility index (Phi) is 5.27. The third kappa shape index (κ3) is 3.51. The molecule has 31 heavy (non-hydrogen) atoms. The van der Waals surface area contributed by atoms with Gasteiger partial charge in [-0.25, -0.2) is 0 Å². The van der Waals surface area contributed by atoms with Crippen molar-refractivity contribution >= 4 is 15.9 Å². The SMILES string of the molecule is Brc1ccc(-c2ccn(C(c3ccccc3)(c3ccccc3)c3ccccc3)n2)cc1. The summed E-state index contributed by atoms with van der Waals surface area (Å²) in [6, 6.07) is 42.2. The molecule has 0 bridgehead atoms. The number of hydrogen-bond acceptors (Lipinski definition) is 1. The number of nitrogens with zero attached hydrogens (tertiary/aromatic N) is 2. The second-order valence-electron chi connectivity index (χ2n) is 7.46. The van der Waals surface area contributed by atoms with Gasteiger partial charge in [0.2, 0.25) is 0 Å². The normalized spacial score (nSPS) is 11.4. The molecule has 0 atom stereocenters. The van der Waals surface area contributed by atoms with Crippen LogP contribution in [0.1, 0.15) is 16.7 Å². The van der Waals surface area contributed by atoms with Crippen molar-refractivity contribution in [2.24, 2.45) is 0 Å². The van der Waals surface area contributed by atoms with Crippen LogP contribution in [0.2, 0.25) is 0 Å². The van der Waals surface area contributed by atoms with Gasteiger partial charge in [-0.2, -0.15) is 5.10 Å². The summed E-state index contributed by atoms with van der Waals surface area (Å²) in [5.41, 5.74) is 4.94. The highest BCUT2D eigenvalue weighted by Crippen LogP contribution is 2.40. The van der Waals surface area contributed by atoms with Crippen LogP contribution in [-0.2, 0) is 5.54 Å². The third-order valence-electron chi connectivity index (χ3n) is 5.65. The molecule has 0 radical (unpaired) electrons. The van der Waals surface area contributed by atoms with E-state index < -0.39 is 5.54 Å². The monoisotopic (exact) mass is 464 g/mol. The van der Waals surface area contributed by atoms with Gasteiger partial charge in [0, 0.05) is 16.2 Å². The van der Waals surface area contributed by atoms with Crippen molar-refractivity contribution in [3.63, 3.8) is 0 Å². The van der Waals surface area contributed by atoms with Crippen molar-refractivity contribution in [1.29, 1.82) is 0 Å². The molecule has 1 heterocycles. The predicted octanol–water partition coefficient (Wildman–Crippen LogP) is 7.15. The van der Waals surface area contributed by atoms with Gasteiger partial charge in [0.1, 0.15) is 5.54 Å². The largest absolute Gasteiger partial charge is 0.253 e. The Labute approximate surface area is 190 Å². The molecule has 0 saturated carbocycles. The van der Waals surface area contributed by atoms with Gasteiger partial charge in [-0.1, -0.05) is 119 Å². The van der Waals surface area contributed by atoms with Crippen molar-refractivity contribution in [1.82, 2.24) is 9.78 Å². The molecule has 5 rings (SSSR count). The van der Waals surface area contributed by atoms with E-state index in [1.54, 1.807) is 0 Å². The highest BCUT2D eigenvalue weighted by molar-refractivity contribution is 9.10. The molecule has 0 aliphatic carbocycles. The van der Waals surface area contributed by atoms with Gasteiger partial charge in [0.05, 0.1) is 5.69 Å². The minimum absolute atomic E-state index is 0.586. The van der Waals surface area contributed by atoms with Gasteiger partial charge < -0.3 is 0 Å². The molecule has 2 nitrogen and oxygen atoms in total. The lowest BCUT2D eigenvalue weighted by molar-refractivity contribution is 0.461. The van der Waals surface area contributed by atoms with Crippen LogP contribution >= 0.6 is 15.9 Å². The Hall–Kier alpha value is -3.43. The standard InChI is InChI=1S/C28H21BrN2/c29-26-18-16-22(17-19-26)27-20-21-31(30-27)28(23-10-4-1-5-11-23,24-12-6-2-7-13-24)25-14-8-3-9-15-25/h1-21H. The average Bonchev–Trinajstić information content (AvgIpc) is 3.33. The fourth-order valence-electron chi connectivity index (χ4n) is 4.22. The highest BCUT2D eigenvalue weighted by atomic mass is 79.9. The van der Waals surface area contributed by atoms with Gasteiger partial charge in [0.15, 0.2) is 0 Å². The molecule has 5 aromatic rings. The van der Waals surface area contributed by atoms with Crippen LogP contribution in [0.15, 0.2) is 132 Å². The topological polar surface area (TPSA) is 17.8 Å². The van der Waals surface area contributed by atoms with Crippen molar-refractivity contribution < 1.29 is 0 Å². The van der Waals surface area contributed by atoms with Gasteiger partial charge >= 0.3 is 0 Å². The Morgan fingerprint density at radius 1 is 0.548 bits per heavy atom. The van der Waals surface area contributed by atoms with Crippen LogP contribution in [-0.4, -0.2) is 9.78 Å². The molecule has 0 saturated heterocycles. The van der Waals surface area contributed by atoms with E-state index in [1.165, 1.54) is 0 Å². The smallest absolute Gasteiger partial charge is 0.138 e. The zero-order chi connectivity index (χ0) is 21.1. The molecule has 0 aliphatic heterocycles. The number of rotatable bonds is 5. The first-order chi connectivity index (χ1) is 15.3. The third-order valence-corrected chi connectivity index (χ3v) is 6.18. The van der Waals surface area contributed by atoms with Crippen molar-refractivity contribution in [3.8, 4) is 11.3 Å². The maximum atomic E-state index is 5.11. The molecule has 1 aromatic heterocycles. The quantitative estimate of drug-likeness (QED) is 0.252. The van der Waals surface area contributed by atoms with Crippen LogP contribution in [0.4, 0.5) is 0 Å². The van der Waals surface area contributed by atoms with Gasteiger partial charge in [-0.3, -0.25) is 4.68 Å². The van der Waals surface area contributed by atoms with Crippen LogP contribution in [0, 0.1) is 0 Å². The molecule has 0 spiro atoms. The maximum absolute atomic E-state index is 5.11. The van der Waals surface area contributed by atoms with E-state index in [4.69, 9.17) is 5.10 Å². The van der Waals surface area contributed by atoms with Crippen molar-refractivity contribution in [2.75, 3.05) is 0 Å². The Morgan fingerprint density at radius 2 is 1.00 bits per heavy atom. The van der Waals surface area contributed by atoms with Crippen LogP contribution < -0.4 is 0 Å². The second-order valence-corrected chi connectivity index (χ2v) is 8.38. The molecular weight excluding hydrogens is 444 g/mol. The Bertz CT molecular complexity index is 1160. The lowest BCUT2D eigenvalue weighted by atomic mass is 9.77. The van der Waals surface area contributed by atoms with E-state index in [1.807, 2.05) is 12.1 Å². The summed E-state index contributed by atoms with van der Waals surface area (Å²) in [6.45, 7) is 0. The van der Waals surface area contributed by atoms with E-state index in [2.05, 4.69) is 136 Å². The molecule has 0 fully saturated rings. The number of hydrogen-bond donors (Lipinski definition) is 0. The summed E-state index contributed by atoms with van der Waals surface area (Å²) in [6.07, 6.45) is 2.09. The van der Waals surface area contributed by atoms with E-state index in [-0.39, 0.29) is 0 Å². The summed E-state index contributed by atoms with van der Waals surface area (Å²) in [7, 11) is 0. The van der Waals surface area contributed by atoms with Crippen LogP contribution in [0.25, 0.3) is 11.3 Å². The first-order valence-corrected chi connectivity index (χ1v) is 11.1. The van der Waals surface area contributed by atoms with Gasteiger partial charge in [-0.05, 0) is 34.9 Å². The van der Waals surface area contributed by atoms with E-state index in [9.17, 15) is 0 Å². The van der Waals surface area contributed by atoms with Crippen LogP contribution in [0.3, 0.4) is 0 Å².